The van der Waals surface area contributed by atoms with E-state index in [1.165, 1.54) is 0 Å². The Labute approximate surface area is 235 Å². The molecular formula is C29H44BrNO7. The summed E-state index contributed by atoms with van der Waals surface area (Å²) < 4.78 is 30.0. The molecule has 0 aromatic rings. The standard InChI is InChI=1S/C29H44BrNO7/c1-7-34-24-16-23(18-27(17-21(4)30,25(32)35-8-2)26(33)36-9-3)28(20-24,31(5)6)19-22-12-10-11-13-29(22)37-14-15-38-29/h16,20,22H,4,7-15,17-19H2,1-3,5-6H3. The van der Waals surface area contributed by atoms with Crippen LogP contribution in [0.2, 0.25) is 0 Å². The molecule has 1 saturated carbocycles. The lowest BCUT2D eigenvalue weighted by Gasteiger charge is -2.47. The van der Waals surface area contributed by atoms with E-state index in [1.807, 2.05) is 27.1 Å². The molecule has 1 aliphatic heterocycles. The fourth-order valence-corrected chi connectivity index (χ4v) is 6.68. The zero-order valence-electron chi connectivity index (χ0n) is 23.6. The van der Waals surface area contributed by atoms with Crippen LogP contribution in [-0.2, 0) is 33.3 Å². The van der Waals surface area contributed by atoms with Crippen molar-refractivity contribution in [2.75, 3.05) is 47.1 Å². The quantitative estimate of drug-likeness (QED) is 0.210. The van der Waals surface area contributed by atoms with Crippen molar-refractivity contribution in [3.05, 3.63) is 34.5 Å². The van der Waals surface area contributed by atoms with Crippen molar-refractivity contribution in [1.29, 1.82) is 0 Å². The molecule has 0 bridgehead atoms. The number of hydrogen-bond donors (Lipinski definition) is 0. The maximum atomic E-state index is 13.6. The average Bonchev–Trinajstić information content (AvgIpc) is 3.46. The molecule has 38 heavy (non-hydrogen) atoms. The maximum absolute atomic E-state index is 13.6. The average molecular weight is 599 g/mol. The van der Waals surface area contributed by atoms with E-state index in [4.69, 9.17) is 23.7 Å². The summed E-state index contributed by atoms with van der Waals surface area (Å²) in [6, 6.07) is 0. The molecule has 0 N–H and O–H groups in total. The molecule has 3 rings (SSSR count). The monoisotopic (exact) mass is 597 g/mol. The van der Waals surface area contributed by atoms with E-state index in [2.05, 4.69) is 33.5 Å². The largest absolute Gasteiger partial charge is 0.494 e. The van der Waals surface area contributed by atoms with Crippen LogP contribution in [0, 0.1) is 11.3 Å². The second-order valence-electron chi connectivity index (χ2n) is 10.5. The number of rotatable bonds is 13. The molecule has 0 aromatic heterocycles. The smallest absolute Gasteiger partial charge is 0.324 e. The predicted molar refractivity (Wildman–Crippen MR) is 148 cm³/mol. The van der Waals surface area contributed by atoms with E-state index in [0.29, 0.717) is 36.5 Å². The van der Waals surface area contributed by atoms with Crippen molar-refractivity contribution in [2.45, 2.75) is 77.0 Å². The number of allylic oxidation sites excluding steroid dienone is 2. The van der Waals surface area contributed by atoms with Crippen LogP contribution in [0.1, 0.15) is 65.7 Å². The molecule has 2 aliphatic carbocycles. The van der Waals surface area contributed by atoms with Gasteiger partial charge in [0.05, 0.1) is 38.6 Å². The molecule has 2 unspecified atom stereocenters. The molecule has 2 atom stereocenters. The van der Waals surface area contributed by atoms with Crippen molar-refractivity contribution in [3.8, 4) is 0 Å². The molecule has 214 valence electrons. The summed E-state index contributed by atoms with van der Waals surface area (Å²) in [5, 5.41) is 0. The Morgan fingerprint density at radius 2 is 1.74 bits per heavy atom. The molecule has 3 aliphatic rings. The predicted octanol–water partition coefficient (Wildman–Crippen LogP) is 5.27. The third kappa shape index (κ3) is 6.21. The minimum absolute atomic E-state index is 0.0507. The Morgan fingerprint density at radius 1 is 1.11 bits per heavy atom. The van der Waals surface area contributed by atoms with Crippen molar-refractivity contribution in [3.63, 3.8) is 0 Å². The lowest BCUT2D eigenvalue weighted by molar-refractivity contribution is -0.217. The summed E-state index contributed by atoms with van der Waals surface area (Å²) in [6.45, 7) is 11.3. The van der Waals surface area contributed by atoms with Crippen LogP contribution in [0.4, 0.5) is 0 Å². The third-order valence-corrected chi connectivity index (χ3v) is 8.24. The second-order valence-corrected chi connectivity index (χ2v) is 11.6. The van der Waals surface area contributed by atoms with Gasteiger partial charge < -0.3 is 23.7 Å². The van der Waals surface area contributed by atoms with E-state index < -0.39 is 28.7 Å². The Kier molecular flexibility index (Phi) is 10.6. The number of carbonyl (C=O) groups excluding carboxylic acids is 2. The highest BCUT2D eigenvalue weighted by Gasteiger charge is 2.55. The molecule has 0 amide bonds. The van der Waals surface area contributed by atoms with Gasteiger partial charge in [-0.2, -0.15) is 0 Å². The number of carbonyl (C=O) groups is 2. The first-order valence-corrected chi connectivity index (χ1v) is 14.6. The van der Waals surface area contributed by atoms with Crippen LogP contribution < -0.4 is 0 Å². The van der Waals surface area contributed by atoms with Gasteiger partial charge in [0, 0.05) is 18.8 Å². The van der Waals surface area contributed by atoms with Crippen LogP contribution in [0.15, 0.2) is 34.5 Å². The molecule has 9 heteroatoms. The summed E-state index contributed by atoms with van der Waals surface area (Å²) >= 11 is 3.40. The highest BCUT2D eigenvalue weighted by molar-refractivity contribution is 9.11. The van der Waals surface area contributed by atoms with Crippen LogP contribution >= 0.6 is 15.9 Å². The Morgan fingerprint density at radius 3 is 2.26 bits per heavy atom. The molecule has 1 saturated heterocycles. The first kappa shape index (κ1) is 30.9. The number of likely N-dealkylation sites (N-methyl/N-ethyl adjacent to an activating group) is 1. The molecule has 1 spiro atoms. The summed E-state index contributed by atoms with van der Waals surface area (Å²) in [7, 11) is 4.04. The van der Waals surface area contributed by atoms with Crippen LogP contribution in [0.5, 0.6) is 0 Å². The van der Waals surface area contributed by atoms with E-state index >= 15 is 0 Å². The minimum Gasteiger partial charge on any atom is -0.494 e. The van der Waals surface area contributed by atoms with Gasteiger partial charge >= 0.3 is 11.9 Å². The molecule has 1 heterocycles. The lowest BCUT2D eigenvalue weighted by Crippen LogP contribution is -2.52. The molecule has 0 aromatic carbocycles. The molecule has 0 radical (unpaired) electrons. The fraction of sp³-hybridized carbons (Fsp3) is 0.724. The summed E-state index contributed by atoms with van der Waals surface area (Å²) in [5.41, 5.74) is -1.34. The summed E-state index contributed by atoms with van der Waals surface area (Å²) in [4.78, 5) is 29.3. The zero-order valence-corrected chi connectivity index (χ0v) is 25.2. The first-order chi connectivity index (χ1) is 18.1. The Balaban J connectivity index is 2.11. The van der Waals surface area contributed by atoms with Gasteiger partial charge in [0.25, 0.3) is 0 Å². The number of nitrogens with zero attached hydrogens (tertiary/aromatic N) is 1. The van der Waals surface area contributed by atoms with Crippen LogP contribution in [0.25, 0.3) is 0 Å². The number of halogens is 1. The van der Waals surface area contributed by atoms with Gasteiger partial charge in [-0.25, -0.2) is 0 Å². The second kappa shape index (κ2) is 13.1. The van der Waals surface area contributed by atoms with E-state index in [9.17, 15) is 9.59 Å². The van der Waals surface area contributed by atoms with Crippen LogP contribution in [-0.4, -0.2) is 75.3 Å². The van der Waals surface area contributed by atoms with Crippen molar-refractivity contribution >= 4 is 27.9 Å². The minimum atomic E-state index is -1.60. The summed E-state index contributed by atoms with van der Waals surface area (Å²) in [5.74, 6) is -0.984. The van der Waals surface area contributed by atoms with Gasteiger partial charge in [0.1, 0.15) is 5.76 Å². The molecule has 2 fully saturated rings. The van der Waals surface area contributed by atoms with Gasteiger partial charge in [0.15, 0.2) is 11.2 Å². The first-order valence-electron chi connectivity index (χ1n) is 13.8. The molecular weight excluding hydrogens is 554 g/mol. The van der Waals surface area contributed by atoms with Crippen molar-refractivity contribution < 1.29 is 33.3 Å². The van der Waals surface area contributed by atoms with Crippen molar-refractivity contribution in [2.24, 2.45) is 11.3 Å². The van der Waals surface area contributed by atoms with E-state index in [-0.39, 0.29) is 32.0 Å². The SMILES string of the molecule is C=C(Br)CC(CC1=CC(OCC)=CC1(CC1CCCCC12OCCO2)N(C)C)(C(=O)OCC)C(=O)OCC. The topological polar surface area (TPSA) is 83.5 Å². The van der Waals surface area contributed by atoms with E-state index in [0.717, 1.165) is 31.3 Å². The number of esters is 2. The van der Waals surface area contributed by atoms with Gasteiger partial charge in [-0.1, -0.05) is 28.9 Å². The Hall–Kier alpha value is -1.68. The van der Waals surface area contributed by atoms with Gasteiger partial charge in [-0.05, 0) is 82.8 Å². The maximum Gasteiger partial charge on any atom is 0.324 e. The fourth-order valence-electron chi connectivity index (χ4n) is 6.20. The highest BCUT2D eigenvalue weighted by atomic mass is 79.9. The zero-order chi connectivity index (χ0) is 28.0. The number of hydrogen-bond acceptors (Lipinski definition) is 8. The lowest BCUT2D eigenvalue weighted by atomic mass is 9.69. The van der Waals surface area contributed by atoms with Crippen LogP contribution in [0.3, 0.4) is 0 Å². The van der Waals surface area contributed by atoms with Gasteiger partial charge in [-0.3, -0.25) is 14.5 Å². The Bertz CT molecular complexity index is 919. The number of ether oxygens (including phenoxy) is 5. The van der Waals surface area contributed by atoms with Crippen molar-refractivity contribution in [1.82, 2.24) is 4.90 Å². The van der Waals surface area contributed by atoms with E-state index in [1.54, 1.807) is 13.8 Å². The van der Waals surface area contributed by atoms with Gasteiger partial charge in [0.2, 0.25) is 0 Å². The normalized spacial score (nSPS) is 24.8. The third-order valence-electron chi connectivity index (χ3n) is 7.96. The highest BCUT2D eigenvalue weighted by Crippen LogP contribution is 2.51. The van der Waals surface area contributed by atoms with Gasteiger partial charge in [-0.15, -0.1) is 0 Å². The summed E-state index contributed by atoms with van der Waals surface area (Å²) in [6.07, 6.45) is 8.93. The molecule has 8 nitrogen and oxygen atoms in total.